The number of nitrogen functional groups attached to an aromatic ring is 1. The lowest BCUT2D eigenvalue weighted by Gasteiger charge is -2.24. The summed E-state index contributed by atoms with van der Waals surface area (Å²) in [6.45, 7) is 1.99. The Balaban J connectivity index is 2.14. The number of aryl methyl sites for hydroxylation is 1. The van der Waals surface area contributed by atoms with Crippen molar-refractivity contribution in [3.8, 4) is 0 Å². The second-order valence-corrected chi connectivity index (χ2v) is 4.97. The van der Waals surface area contributed by atoms with Crippen molar-refractivity contribution in [2.75, 3.05) is 5.73 Å². The molecule has 1 fully saturated rings. The molecule has 1 aromatic heterocycles. The predicted octanol–water partition coefficient (Wildman–Crippen LogP) is 1.16. The normalized spacial score (nSPS) is 19.4. The average Bonchev–Trinajstić information content (AvgIpc) is 2.76. The number of imide groups is 1. The molecule has 0 bridgehead atoms. The van der Waals surface area contributed by atoms with Crippen LogP contribution < -0.4 is 11.1 Å². The van der Waals surface area contributed by atoms with Crippen molar-refractivity contribution in [3.63, 3.8) is 0 Å². The topological polar surface area (TPSA) is 90.0 Å². The molecule has 1 aliphatic rings. The summed E-state index contributed by atoms with van der Waals surface area (Å²) in [4.78, 5) is 27.9. The first-order valence-corrected chi connectivity index (χ1v) is 6.70. The molecule has 1 aromatic carbocycles. The van der Waals surface area contributed by atoms with Crippen LogP contribution in [-0.2, 0) is 16.0 Å². The molecule has 0 saturated carbocycles. The summed E-state index contributed by atoms with van der Waals surface area (Å²) in [5.41, 5.74) is 8.09. The van der Waals surface area contributed by atoms with E-state index in [9.17, 15) is 9.59 Å². The van der Waals surface area contributed by atoms with Crippen LogP contribution in [0.15, 0.2) is 18.2 Å². The number of hydrogen-bond acceptors (Lipinski definition) is 4. The fraction of sp³-hybridized carbons (Fsp3) is 0.357. The van der Waals surface area contributed by atoms with E-state index in [2.05, 4.69) is 10.3 Å². The van der Waals surface area contributed by atoms with Gasteiger partial charge < -0.3 is 10.3 Å². The third-order valence-corrected chi connectivity index (χ3v) is 3.62. The van der Waals surface area contributed by atoms with Crippen molar-refractivity contribution < 1.29 is 9.59 Å². The van der Waals surface area contributed by atoms with Crippen LogP contribution in [0, 0.1) is 0 Å². The number of anilines is 1. The Morgan fingerprint density at radius 1 is 1.45 bits per heavy atom. The molecule has 0 radical (unpaired) electrons. The van der Waals surface area contributed by atoms with Gasteiger partial charge in [-0.2, -0.15) is 0 Å². The molecule has 3 N–H and O–H groups in total. The first-order valence-electron chi connectivity index (χ1n) is 6.70. The van der Waals surface area contributed by atoms with Gasteiger partial charge in [-0.15, -0.1) is 0 Å². The zero-order valence-corrected chi connectivity index (χ0v) is 11.2. The Morgan fingerprint density at radius 2 is 2.25 bits per heavy atom. The molecule has 2 heterocycles. The first-order chi connectivity index (χ1) is 9.60. The number of fused-ring (bicyclic) bond motifs is 1. The van der Waals surface area contributed by atoms with Crippen LogP contribution in [0.2, 0.25) is 0 Å². The highest BCUT2D eigenvalue weighted by Crippen LogP contribution is 2.27. The van der Waals surface area contributed by atoms with E-state index in [1.807, 2.05) is 17.6 Å². The van der Waals surface area contributed by atoms with E-state index in [0.717, 1.165) is 16.9 Å². The van der Waals surface area contributed by atoms with Crippen LogP contribution in [0.1, 0.15) is 31.6 Å². The van der Waals surface area contributed by atoms with Gasteiger partial charge in [-0.3, -0.25) is 14.9 Å². The van der Waals surface area contributed by atoms with Crippen LogP contribution in [-0.4, -0.2) is 21.4 Å². The van der Waals surface area contributed by atoms with Crippen molar-refractivity contribution in [1.29, 1.82) is 0 Å². The highest BCUT2D eigenvalue weighted by molar-refractivity contribution is 6.00. The largest absolute Gasteiger partial charge is 0.399 e. The maximum atomic E-state index is 12.1. The summed E-state index contributed by atoms with van der Waals surface area (Å²) in [7, 11) is 0. The fourth-order valence-electron chi connectivity index (χ4n) is 2.69. The number of rotatable bonds is 2. The predicted molar refractivity (Wildman–Crippen MR) is 74.9 cm³/mol. The molecule has 104 valence electrons. The zero-order valence-electron chi connectivity index (χ0n) is 11.2. The molecule has 2 amide bonds. The number of nitrogens with zero attached hydrogens (tertiary/aromatic N) is 2. The van der Waals surface area contributed by atoms with Crippen molar-refractivity contribution in [2.24, 2.45) is 0 Å². The molecule has 0 spiro atoms. The summed E-state index contributed by atoms with van der Waals surface area (Å²) in [5.74, 6) is 0.366. The van der Waals surface area contributed by atoms with Crippen molar-refractivity contribution in [1.82, 2.24) is 14.9 Å². The van der Waals surface area contributed by atoms with Crippen LogP contribution in [0.4, 0.5) is 5.69 Å². The Morgan fingerprint density at radius 3 is 2.95 bits per heavy atom. The van der Waals surface area contributed by atoms with Gasteiger partial charge in [-0.05, 0) is 24.6 Å². The Bertz CT molecular complexity index is 705. The maximum Gasteiger partial charge on any atom is 0.249 e. The quantitative estimate of drug-likeness (QED) is 0.634. The van der Waals surface area contributed by atoms with Crippen LogP contribution in [0.5, 0.6) is 0 Å². The molecular weight excluding hydrogens is 256 g/mol. The molecule has 1 unspecified atom stereocenters. The van der Waals surface area contributed by atoms with E-state index in [1.54, 1.807) is 12.1 Å². The summed E-state index contributed by atoms with van der Waals surface area (Å²) < 4.78 is 1.93. The lowest BCUT2D eigenvalue weighted by molar-refractivity contribution is -0.135. The second kappa shape index (κ2) is 4.63. The van der Waals surface area contributed by atoms with Crippen LogP contribution in [0.3, 0.4) is 0 Å². The van der Waals surface area contributed by atoms with Gasteiger partial charge in [0.2, 0.25) is 11.8 Å². The number of aromatic nitrogens is 2. The molecule has 6 heteroatoms. The standard InChI is InChI=1S/C14H16N4O2/c1-2-12-16-9-7-8(15)3-4-10(9)18(12)11-5-6-13(19)17-14(11)20/h3-4,7,11H,2,5-6,15H2,1H3,(H,17,19,20). The number of carbonyl (C=O) groups excluding carboxylic acids is 2. The van der Waals surface area contributed by atoms with Gasteiger partial charge in [0.15, 0.2) is 0 Å². The number of amides is 2. The highest BCUT2D eigenvalue weighted by Gasteiger charge is 2.30. The third-order valence-electron chi connectivity index (χ3n) is 3.62. The van der Waals surface area contributed by atoms with E-state index in [0.29, 0.717) is 24.9 Å². The van der Waals surface area contributed by atoms with E-state index < -0.39 is 0 Å². The monoisotopic (exact) mass is 272 g/mol. The van der Waals surface area contributed by atoms with Crippen LogP contribution >= 0.6 is 0 Å². The molecule has 1 aliphatic heterocycles. The minimum absolute atomic E-state index is 0.210. The number of hydrogen-bond donors (Lipinski definition) is 2. The van der Waals surface area contributed by atoms with Crippen LogP contribution in [0.25, 0.3) is 11.0 Å². The zero-order chi connectivity index (χ0) is 14.3. The van der Waals surface area contributed by atoms with Crippen molar-refractivity contribution in [2.45, 2.75) is 32.2 Å². The summed E-state index contributed by atoms with van der Waals surface area (Å²) in [5, 5.41) is 2.39. The van der Waals surface area contributed by atoms with Gasteiger partial charge in [0, 0.05) is 18.5 Å². The number of piperidine rings is 1. The van der Waals surface area contributed by atoms with Crippen molar-refractivity contribution >= 4 is 28.5 Å². The van der Waals surface area contributed by atoms with E-state index >= 15 is 0 Å². The number of imidazole rings is 1. The molecule has 1 atom stereocenters. The fourth-order valence-corrected chi connectivity index (χ4v) is 2.69. The van der Waals surface area contributed by atoms with E-state index in [-0.39, 0.29) is 17.9 Å². The Labute approximate surface area is 116 Å². The second-order valence-electron chi connectivity index (χ2n) is 4.97. The number of carbonyl (C=O) groups is 2. The van der Waals surface area contributed by atoms with Gasteiger partial charge in [0.1, 0.15) is 11.9 Å². The minimum Gasteiger partial charge on any atom is -0.399 e. The van der Waals surface area contributed by atoms with Gasteiger partial charge in [-0.1, -0.05) is 6.92 Å². The average molecular weight is 272 g/mol. The van der Waals surface area contributed by atoms with Gasteiger partial charge in [0.05, 0.1) is 11.0 Å². The Hall–Kier alpha value is -2.37. The van der Waals surface area contributed by atoms with E-state index in [4.69, 9.17) is 5.73 Å². The SMILES string of the molecule is CCc1nc2cc(N)ccc2n1C1CCC(=O)NC1=O. The van der Waals surface area contributed by atoms with Gasteiger partial charge in [0.25, 0.3) is 0 Å². The molecule has 6 nitrogen and oxygen atoms in total. The Kier molecular flexibility index (Phi) is 2.93. The molecular formula is C14H16N4O2. The van der Waals surface area contributed by atoms with Gasteiger partial charge >= 0.3 is 0 Å². The maximum absolute atomic E-state index is 12.1. The molecule has 2 aromatic rings. The summed E-state index contributed by atoms with van der Waals surface area (Å²) in [6, 6.07) is 5.10. The molecule has 3 rings (SSSR count). The van der Waals surface area contributed by atoms with Crippen molar-refractivity contribution in [3.05, 3.63) is 24.0 Å². The number of benzene rings is 1. The third kappa shape index (κ3) is 1.93. The lowest BCUT2D eigenvalue weighted by Crippen LogP contribution is -2.42. The first kappa shape index (κ1) is 12.7. The molecule has 1 saturated heterocycles. The molecule has 20 heavy (non-hydrogen) atoms. The smallest absolute Gasteiger partial charge is 0.249 e. The van der Waals surface area contributed by atoms with Gasteiger partial charge in [-0.25, -0.2) is 4.98 Å². The summed E-state index contributed by atoms with van der Waals surface area (Å²) in [6.07, 6.45) is 1.58. The highest BCUT2D eigenvalue weighted by atomic mass is 16.2. The van der Waals surface area contributed by atoms with E-state index in [1.165, 1.54) is 0 Å². The minimum atomic E-state index is -0.378. The lowest BCUT2D eigenvalue weighted by atomic mass is 10.1. The number of nitrogens with one attached hydrogen (secondary N) is 1. The molecule has 0 aliphatic carbocycles. The number of nitrogens with two attached hydrogens (primary N) is 1. The summed E-state index contributed by atoms with van der Waals surface area (Å²) >= 11 is 0.